The Morgan fingerprint density at radius 2 is 1.75 bits per heavy atom. The second kappa shape index (κ2) is 5.48. The topological polar surface area (TPSA) is 104 Å². The molecule has 1 amide bonds. The van der Waals surface area contributed by atoms with Crippen LogP contribution in [0.25, 0.3) is 0 Å². The van der Waals surface area contributed by atoms with Gasteiger partial charge in [-0.3, -0.25) is 14.4 Å². The van der Waals surface area contributed by atoms with Gasteiger partial charge in [-0.15, -0.1) is 0 Å². The molecule has 6 nitrogen and oxygen atoms in total. The van der Waals surface area contributed by atoms with E-state index < -0.39 is 23.8 Å². The van der Waals surface area contributed by atoms with Gasteiger partial charge in [-0.25, -0.2) is 0 Å². The molecule has 2 unspecified atom stereocenters. The third-order valence-corrected chi connectivity index (χ3v) is 2.81. The Morgan fingerprint density at radius 1 is 1.12 bits per heavy atom. The monoisotopic (exact) mass is 229 g/mol. The lowest BCUT2D eigenvalue weighted by Gasteiger charge is -2.14. The number of carbonyl (C=O) groups excluding carboxylic acids is 1. The van der Waals surface area contributed by atoms with Crippen LogP contribution in [0.15, 0.2) is 0 Å². The second-order valence-corrected chi connectivity index (χ2v) is 3.92. The Morgan fingerprint density at radius 3 is 2.31 bits per heavy atom. The first-order chi connectivity index (χ1) is 7.52. The highest BCUT2D eigenvalue weighted by molar-refractivity contribution is 5.85. The quantitative estimate of drug-likeness (QED) is 0.619. The zero-order valence-electron chi connectivity index (χ0n) is 8.81. The van der Waals surface area contributed by atoms with Crippen molar-refractivity contribution in [2.45, 2.75) is 25.7 Å². The summed E-state index contributed by atoms with van der Waals surface area (Å²) in [4.78, 5) is 32.6. The number of aliphatic carboxylic acids is 2. The maximum atomic E-state index is 11.6. The minimum Gasteiger partial charge on any atom is -0.481 e. The summed E-state index contributed by atoms with van der Waals surface area (Å²) in [6.07, 6.45) is 1.67. The number of rotatable bonds is 5. The van der Waals surface area contributed by atoms with E-state index in [0.717, 1.165) is 6.42 Å². The van der Waals surface area contributed by atoms with Crippen molar-refractivity contribution in [3.63, 3.8) is 0 Å². The Bertz CT molecular complexity index is 302. The summed E-state index contributed by atoms with van der Waals surface area (Å²) in [5.41, 5.74) is 0. The summed E-state index contributed by atoms with van der Waals surface area (Å²) in [5.74, 6) is -3.40. The number of carbonyl (C=O) groups is 3. The van der Waals surface area contributed by atoms with Crippen molar-refractivity contribution < 1.29 is 24.6 Å². The number of nitrogens with one attached hydrogen (secondary N) is 1. The molecule has 0 aromatic rings. The van der Waals surface area contributed by atoms with E-state index in [1.54, 1.807) is 0 Å². The van der Waals surface area contributed by atoms with E-state index in [0.29, 0.717) is 12.8 Å². The van der Waals surface area contributed by atoms with Crippen LogP contribution in [0, 0.1) is 11.8 Å². The number of hydrogen-bond acceptors (Lipinski definition) is 3. The highest BCUT2D eigenvalue weighted by Crippen LogP contribution is 2.31. The van der Waals surface area contributed by atoms with E-state index in [9.17, 15) is 14.4 Å². The predicted molar refractivity (Wildman–Crippen MR) is 53.7 cm³/mol. The van der Waals surface area contributed by atoms with E-state index in [-0.39, 0.29) is 18.9 Å². The lowest BCUT2D eigenvalue weighted by atomic mass is 9.95. The first kappa shape index (κ1) is 12.5. The first-order valence-corrected chi connectivity index (χ1v) is 5.24. The summed E-state index contributed by atoms with van der Waals surface area (Å²) in [6.45, 7) is 0.0526. The molecule has 0 radical (unpaired) electrons. The van der Waals surface area contributed by atoms with E-state index in [4.69, 9.17) is 10.2 Å². The van der Waals surface area contributed by atoms with Gasteiger partial charge in [0, 0.05) is 6.54 Å². The van der Waals surface area contributed by atoms with Crippen molar-refractivity contribution in [2.75, 3.05) is 6.54 Å². The molecule has 1 aliphatic carbocycles. The van der Waals surface area contributed by atoms with Crippen LogP contribution in [0.4, 0.5) is 0 Å². The van der Waals surface area contributed by atoms with Gasteiger partial charge in [0.2, 0.25) is 5.91 Å². The van der Waals surface area contributed by atoms with Crippen LogP contribution in [0.2, 0.25) is 0 Å². The van der Waals surface area contributed by atoms with Crippen LogP contribution in [0.5, 0.6) is 0 Å². The summed E-state index contributed by atoms with van der Waals surface area (Å²) in [5, 5.41) is 19.7. The van der Waals surface area contributed by atoms with Crippen LogP contribution < -0.4 is 5.32 Å². The molecule has 3 N–H and O–H groups in total. The standard InChI is InChI=1S/C10H15NO5/c12-8(13)4-5-11-9(14)6-2-1-3-7(6)10(15)16/h6-7H,1-5H2,(H,11,14)(H,12,13)(H,15,16). The molecule has 6 heteroatoms. The fourth-order valence-corrected chi connectivity index (χ4v) is 1.99. The van der Waals surface area contributed by atoms with E-state index in [2.05, 4.69) is 5.32 Å². The highest BCUT2D eigenvalue weighted by atomic mass is 16.4. The van der Waals surface area contributed by atoms with Gasteiger partial charge >= 0.3 is 11.9 Å². The maximum Gasteiger partial charge on any atom is 0.307 e. The Hall–Kier alpha value is -1.59. The Kier molecular flexibility index (Phi) is 4.28. The molecule has 0 aliphatic heterocycles. The van der Waals surface area contributed by atoms with Crippen molar-refractivity contribution in [3.8, 4) is 0 Å². The van der Waals surface area contributed by atoms with Gasteiger partial charge < -0.3 is 15.5 Å². The molecule has 0 heterocycles. The first-order valence-electron chi connectivity index (χ1n) is 5.24. The largest absolute Gasteiger partial charge is 0.481 e. The highest BCUT2D eigenvalue weighted by Gasteiger charge is 2.37. The summed E-state index contributed by atoms with van der Waals surface area (Å²) >= 11 is 0. The van der Waals surface area contributed by atoms with Crippen molar-refractivity contribution in [3.05, 3.63) is 0 Å². The minimum absolute atomic E-state index is 0.0526. The molecule has 16 heavy (non-hydrogen) atoms. The summed E-state index contributed by atoms with van der Waals surface area (Å²) in [6, 6.07) is 0. The van der Waals surface area contributed by atoms with E-state index in [1.807, 2.05) is 0 Å². The fraction of sp³-hybridized carbons (Fsp3) is 0.700. The maximum absolute atomic E-state index is 11.6. The molecule has 0 saturated heterocycles. The van der Waals surface area contributed by atoms with Gasteiger partial charge in [0.25, 0.3) is 0 Å². The lowest BCUT2D eigenvalue weighted by Crippen LogP contribution is -2.36. The van der Waals surface area contributed by atoms with Crippen LogP contribution >= 0.6 is 0 Å². The zero-order valence-corrected chi connectivity index (χ0v) is 8.81. The molecular weight excluding hydrogens is 214 g/mol. The van der Waals surface area contributed by atoms with Gasteiger partial charge in [0.15, 0.2) is 0 Å². The molecule has 1 rings (SSSR count). The summed E-state index contributed by atoms with van der Waals surface area (Å²) < 4.78 is 0. The Balaban J connectivity index is 2.41. The fourth-order valence-electron chi connectivity index (χ4n) is 1.99. The predicted octanol–water partition coefficient (Wildman–Crippen LogP) is 0.0782. The average Bonchev–Trinajstić information content (AvgIpc) is 2.65. The van der Waals surface area contributed by atoms with Crippen LogP contribution in [0.1, 0.15) is 25.7 Å². The van der Waals surface area contributed by atoms with Gasteiger partial charge in [0.05, 0.1) is 18.3 Å². The number of amides is 1. The van der Waals surface area contributed by atoms with E-state index in [1.165, 1.54) is 0 Å². The summed E-state index contributed by atoms with van der Waals surface area (Å²) in [7, 11) is 0. The molecule has 0 spiro atoms. The molecule has 1 fully saturated rings. The molecular formula is C10H15NO5. The number of carboxylic acid groups (broad SMARTS) is 2. The lowest BCUT2D eigenvalue weighted by molar-refractivity contribution is -0.146. The third kappa shape index (κ3) is 3.22. The van der Waals surface area contributed by atoms with Crippen molar-refractivity contribution in [1.29, 1.82) is 0 Å². The smallest absolute Gasteiger partial charge is 0.307 e. The van der Waals surface area contributed by atoms with Crippen LogP contribution in [0.3, 0.4) is 0 Å². The molecule has 0 aromatic heterocycles. The van der Waals surface area contributed by atoms with Crippen molar-refractivity contribution in [2.24, 2.45) is 11.8 Å². The van der Waals surface area contributed by atoms with Gasteiger partial charge in [-0.05, 0) is 12.8 Å². The molecule has 1 aliphatic rings. The second-order valence-electron chi connectivity index (χ2n) is 3.92. The number of hydrogen-bond donors (Lipinski definition) is 3. The molecule has 0 aromatic carbocycles. The van der Waals surface area contributed by atoms with Crippen molar-refractivity contribution >= 4 is 17.8 Å². The van der Waals surface area contributed by atoms with Crippen molar-refractivity contribution in [1.82, 2.24) is 5.32 Å². The SMILES string of the molecule is O=C(O)CCNC(=O)C1CCCC1C(=O)O. The Labute approximate surface area is 92.6 Å². The molecule has 0 bridgehead atoms. The third-order valence-electron chi connectivity index (χ3n) is 2.81. The van der Waals surface area contributed by atoms with Gasteiger partial charge in [0.1, 0.15) is 0 Å². The van der Waals surface area contributed by atoms with Crippen LogP contribution in [-0.2, 0) is 14.4 Å². The van der Waals surface area contributed by atoms with E-state index >= 15 is 0 Å². The zero-order chi connectivity index (χ0) is 12.1. The minimum atomic E-state index is -0.985. The number of carboxylic acids is 2. The normalized spacial score (nSPS) is 24.0. The van der Waals surface area contributed by atoms with Crippen LogP contribution in [-0.4, -0.2) is 34.6 Å². The van der Waals surface area contributed by atoms with Gasteiger partial charge in [-0.2, -0.15) is 0 Å². The molecule has 2 atom stereocenters. The molecule has 90 valence electrons. The average molecular weight is 229 g/mol. The molecule has 1 saturated carbocycles. The van der Waals surface area contributed by atoms with Gasteiger partial charge in [-0.1, -0.05) is 6.42 Å².